The van der Waals surface area contributed by atoms with Crippen LogP contribution in [0, 0.1) is 6.92 Å². The van der Waals surface area contributed by atoms with Crippen molar-refractivity contribution in [2.45, 2.75) is 19.8 Å². The van der Waals surface area contributed by atoms with Crippen LogP contribution in [0.2, 0.25) is 0 Å². The van der Waals surface area contributed by atoms with Crippen LogP contribution >= 0.6 is 0 Å². The molecule has 1 N–H and O–H groups in total. The van der Waals surface area contributed by atoms with Crippen molar-refractivity contribution >= 4 is 17.8 Å². The highest BCUT2D eigenvalue weighted by atomic mass is 16.5. The molecule has 0 radical (unpaired) electrons. The Labute approximate surface area is 150 Å². The van der Waals surface area contributed by atoms with Crippen molar-refractivity contribution in [2.24, 2.45) is 0 Å². The topological polar surface area (TPSA) is 112 Å². The van der Waals surface area contributed by atoms with Crippen molar-refractivity contribution in [2.75, 3.05) is 20.3 Å². The molecule has 0 aliphatic carbocycles. The molecular weight excluding hydrogens is 340 g/mol. The average molecular weight is 360 g/mol. The van der Waals surface area contributed by atoms with Crippen molar-refractivity contribution in [3.63, 3.8) is 0 Å². The van der Waals surface area contributed by atoms with Crippen molar-refractivity contribution < 1.29 is 23.9 Å². The molecule has 0 aliphatic rings. The van der Waals surface area contributed by atoms with Gasteiger partial charge in [0, 0.05) is 13.0 Å². The van der Waals surface area contributed by atoms with Crippen molar-refractivity contribution in [1.29, 1.82) is 0 Å². The minimum absolute atomic E-state index is 0.0485. The van der Waals surface area contributed by atoms with E-state index < -0.39 is 18.5 Å². The van der Waals surface area contributed by atoms with E-state index in [1.54, 1.807) is 19.1 Å². The van der Waals surface area contributed by atoms with Gasteiger partial charge < -0.3 is 14.8 Å². The van der Waals surface area contributed by atoms with Gasteiger partial charge in [0.1, 0.15) is 0 Å². The van der Waals surface area contributed by atoms with E-state index in [2.05, 4.69) is 20.3 Å². The first kappa shape index (κ1) is 19.1. The predicted octanol–water partition coefficient (Wildman–Crippen LogP) is 0.802. The molecule has 138 valence electrons. The summed E-state index contributed by atoms with van der Waals surface area (Å²) in [5.41, 5.74) is 1.16. The zero-order valence-electron chi connectivity index (χ0n) is 14.6. The van der Waals surface area contributed by atoms with Crippen molar-refractivity contribution in [3.05, 3.63) is 41.7 Å². The fourth-order valence-corrected chi connectivity index (χ4v) is 2.06. The number of hydrogen-bond donors (Lipinski definition) is 1. The smallest absolute Gasteiger partial charge is 0.361 e. The summed E-state index contributed by atoms with van der Waals surface area (Å²) in [6, 6.07) is 9.12. The molecule has 1 amide bonds. The van der Waals surface area contributed by atoms with Crippen LogP contribution < -0.4 is 5.32 Å². The van der Waals surface area contributed by atoms with Gasteiger partial charge in [0.25, 0.3) is 5.91 Å². The molecule has 1 aromatic carbocycles. The lowest BCUT2D eigenvalue weighted by atomic mass is 10.3. The molecule has 0 fully saturated rings. The Kier molecular flexibility index (Phi) is 6.84. The van der Waals surface area contributed by atoms with E-state index in [0.29, 0.717) is 17.8 Å². The summed E-state index contributed by atoms with van der Waals surface area (Å²) in [7, 11) is 1.30. The van der Waals surface area contributed by atoms with E-state index in [4.69, 9.17) is 4.74 Å². The van der Waals surface area contributed by atoms with Crippen molar-refractivity contribution in [3.8, 4) is 5.69 Å². The van der Waals surface area contributed by atoms with E-state index in [1.165, 1.54) is 11.9 Å². The van der Waals surface area contributed by atoms with E-state index in [9.17, 15) is 14.4 Å². The molecular formula is C17H20N4O5. The van der Waals surface area contributed by atoms with Crippen LogP contribution in [0.4, 0.5) is 0 Å². The zero-order chi connectivity index (χ0) is 18.9. The van der Waals surface area contributed by atoms with E-state index in [1.807, 2.05) is 18.2 Å². The fraction of sp³-hybridized carbons (Fsp3) is 0.353. The summed E-state index contributed by atoms with van der Waals surface area (Å²) in [5.74, 6) is -1.53. The number of carbonyl (C=O) groups is 3. The van der Waals surface area contributed by atoms with Crippen LogP contribution in [0.25, 0.3) is 5.69 Å². The molecule has 1 aromatic heterocycles. The summed E-state index contributed by atoms with van der Waals surface area (Å²) in [5, 5.41) is 10.8. The molecule has 9 heteroatoms. The summed E-state index contributed by atoms with van der Waals surface area (Å²) in [6.45, 7) is 1.49. The summed E-state index contributed by atoms with van der Waals surface area (Å²) in [4.78, 5) is 36.0. The number of ether oxygens (including phenoxy) is 2. The lowest BCUT2D eigenvalue weighted by Gasteiger charge is -2.05. The Balaban J connectivity index is 1.82. The molecule has 0 saturated carbocycles. The number of methoxy groups -OCH3 is 1. The van der Waals surface area contributed by atoms with Crippen LogP contribution in [-0.2, 0) is 19.1 Å². The molecule has 0 bridgehead atoms. The maximum atomic E-state index is 12.1. The molecule has 26 heavy (non-hydrogen) atoms. The molecule has 0 saturated heterocycles. The van der Waals surface area contributed by atoms with Gasteiger partial charge >= 0.3 is 11.9 Å². The number of nitrogens with one attached hydrogen (secondary N) is 1. The SMILES string of the molecule is COC(=O)CCCNC(=O)COC(=O)c1nn(-c2ccccc2)nc1C. The first-order valence-electron chi connectivity index (χ1n) is 8.01. The molecule has 0 unspecified atom stereocenters. The van der Waals surface area contributed by atoms with E-state index in [-0.39, 0.29) is 24.6 Å². The van der Waals surface area contributed by atoms with Crippen molar-refractivity contribution in [1.82, 2.24) is 20.3 Å². The highest BCUT2D eigenvalue weighted by molar-refractivity contribution is 5.90. The minimum atomic E-state index is -0.727. The monoisotopic (exact) mass is 360 g/mol. The molecule has 9 nitrogen and oxygen atoms in total. The number of para-hydroxylation sites is 1. The Hall–Kier alpha value is -3.23. The second-order valence-corrected chi connectivity index (χ2v) is 5.36. The second-order valence-electron chi connectivity index (χ2n) is 5.36. The number of rotatable bonds is 8. The van der Waals surface area contributed by atoms with Gasteiger partial charge in [-0.25, -0.2) is 4.79 Å². The van der Waals surface area contributed by atoms with Crippen LogP contribution in [-0.4, -0.2) is 53.1 Å². The molecule has 1 heterocycles. The highest BCUT2D eigenvalue weighted by Crippen LogP contribution is 2.09. The number of aryl methyl sites for hydroxylation is 1. The van der Waals surface area contributed by atoms with E-state index >= 15 is 0 Å². The average Bonchev–Trinajstić information content (AvgIpc) is 3.05. The summed E-state index contributed by atoms with van der Waals surface area (Å²) in [6.07, 6.45) is 0.648. The van der Waals surface area contributed by atoms with Crippen LogP contribution in [0.5, 0.6) is 0 Å². The molecule has 2 rings (SSSR count). The Morgan fingerprint density at radius 2 is 1.88 bits per heavy atom. The molecule has 0 aliphatic heterocycles. The minimum Gasteiger partial charge on any atom is -0.469 e. The van der Waals surface area contributed by atoms with Gasteiger partial charge in [0.15, 0.2) is 12.3 Å². The third-order valence-corrected chi connectivity index (χ3v) is 3.40. The number of benzene rings is 1. The second kappa shape index (κ2) is 9.30. The van der Waals surface area contributed by atoms with Gasteiger partial charge in [0.2, 0.25) is 0 Å². The Morgan fingerprint density at radius 3 is 2.58 bits per heavy atom. The number of aromatic nitrogens is 3. The van der Waals surface area contributed by atoms with Gasteiger partial charge in [0.05, 0.1) is 18.5 Å². The normalized spacial score (nSPS) is 10.2. The van der Waals surface area contributed by atoms with Gasteiger partial charge in [-0.3, -0.25) is 9.59 Å². The largest absolute Gasteiger partial charge is 0.469 e. The Morgan fingerprint density at radius 1 is 1.15 bits per heavy atom. The molecule has 0 spiro atoms. The fourth-order valence-electron chi connectivity index (χ4n) is 2.06. The number of amides is 1. The lowest BCUT2D eigenvalue weighted by molar-refractivity contribution is -0.140. The number of hydrogen-bond acceptors (Lipinski definition) is 7. The number of carbonyl (C=O) groups excluding carboxylic acids is 3. The predicted molar refractivity (Wildman–Crippen MR) is 90.6 cm³/mol. The quantitative estimate of drug-likeness (QED) is 0.547. The van der Waals surface area contributed by atoms with Crippen LogP contribution in [0.1, 0.15) is 29.0 Å². The highest BCUT2D eigenvalue weighted by Gasteiger charge is 2.19. The first-order chi connectivity index (χ1) is 12.5. The van der Waals surface area contributed by atoms with Gasteiger partial charge in [-0.2, -0.15) is 9.90 Å². The number of nitrogens with zero attached hydrogens (tertiary/aromatic N) is 3. The summed E-state index contributed by atoms with van der Waals surface area (Å²) >= 11 is 0. The first-order valence-corrected chi connectivity index (χ1v) is 8.01. The third-order valence-electron chi connectivity index (χ3n) is 3.40. The third kappa shape index (κ3) is 5.40. The van der Waals surface area contributed by atoms with Gasteiger partial charge in [-0.15, -0.1) is 5.10 Å². The van der Waals surface area contributed by atoms with Crippen LogP contribution in [0.15, 0.2) is 30.3 Å². The van der Waals surface area contributed by atoms with Crippen LogP contribution in [0.3, 0.4) is 0 Å². The maximum absolute atomic E-state index is 12.1. The van der Waals surface area contributed by atoms with E-state index in [0.717, 1.165) is 0 Å². The standard InChI is InChI=1S/C17H20N4O5/c1-12-16(20-21(19-12)13-7-4-3-5-8-13)17(24)26-11-14(22)18-10-6-9-15(23)25-2/h3-5,7-8H,6,9-11H2,1-2H3,(H,18,22). The molecule has 2 aromatic rings. The lowest BCUT2D eigenvalue weighted by Crippen LogP contribution is -2.30. The van der Waals surface area contributed by atoms with Gasteiger partial charge in [-0.05, 0) is 25.5 Å². The summed E-state index contributed by atoms with van der Waals surface area (Å²) < 4.78 is 9.46. The zero-order valence-corrected chi connectivity index (χ0v) is 14.6. The van der Waals surface area contributed by atoms with Gasteiger partial charge in [-0.1, -0.05) is 18.2 Å². The number of esters is 2. The molecule has 0 atom stereocenters. The Bertz CT molecular complexity index is 773. The maximum Gasteiger partial charge on any atom is 0.361 e.